The number of carbonyl (C=O) groups excluding carboxylic acids is 1. The lowest BCUT2D eigenvalue weighted by molar-refractivity contribution is -0.325. The number of aliphatic hydroxyl groups is 10. The summed E-state index contributed by atoms with van der Waals surface area (Å²) >= 11 is 0. The summed E-state index contributed by atoms with van der Waals surface area (Å²) in [5.41, 5.74) is 0.860. The van der Waals surface area contributed by atoms with Crippen molar-refractivity contribution in [3.05, 3.63) is 77.1 Å². The summed E-state index contributed by atoms with van der Waals surface area (Å²) in [6.45, 7) is 0.0367. The monoisotopic (exact) mass is 949 g/mol. The Morgan fingerprint density at radius 3 is 1.91 bits per heavy atom. The van der Waals surface area contributed by atoms with E-state index in [4.69, 9.17) is 47.4 Å². The highest BCUT2D eigenvalue weighted by atomic mass is 16.7. The molecule has 0 bridgehead atoms. The number of hydrogen-bond acceptors (Lipinski definition) is 22. The highest BCUT2D eigenvalue weighted by Crippen LogP contribution is 2.49. The highest BCUT2D eigenvalue weighted by Gasteiger charge is 2.50. The van der Waals surface area contributed by atoms with Gasteiger partial charge in [-0.3, -0.25) is 0 Å². The first-order chi connectivity index (χ1) is 31.9. The van der Waals surface area contributed by atoms with Crippen LogP contribution in [0.5, 0.6) is 40.2 Å². The molecule has 0 saturated carbocycles. The Bertz CT molecular complexity index is 2230. The van der Waals surface area contributed by atoms with Gasteiger partial charge < -0.3 is 109 Å². The van der Waals surface area contributed by atoms with Gasteiger partial charge in [0.15, 0.2) is 29.7 Å². The lowest BCUT2D eigenvalue weighted by Gasteiger charge is -2.43. The summed E-state index contributed by atoms with van der Waals surface area (Å²) in [5, 5.41) is 127. The number of hydrogen-bond donors (Lipinski definition) is 12. The van der Waals surface area contributed by atoms with E-state index in [1.165, 1.54) is 63.6 Å². The topological polar surface area (TPSA) is 356 Å². The molecule has 0 aromatic heterocycles. The SMILES string of the molecule is COc1cc(C2[OH+]c3cc(O)cc(O[C@@H]4O[C@@H](CO)[C@H](O)[C@H](O)[C@H]4O)c3C=C2O[C@@H]2O[C@H](CO[C@@H]3O[C@@H](C)[C@H](OC(=O)/C=C\c4ccc(O)cc4)[C@@H](O)[C@@H]3O)[C@H](O)[C@@H](O)[C@@H]2O)cc(OC)c1O. The molecule has 366 valence electrons. The van der Waals surface area contributed by atoms with E-state index < -0.39 is 123 Å². The van der Waals surface area contributed by atoms with Crippen LogP contribution in [0.4, 0.5) is 0 Å². The van der Waals surface area contributed by atoms with Gasteiger partial charge in [0.25, 0.3) is 11.9 Å². The van der Waals surface area contributed by atoms with Crippen LogP contribution in [0.15, 0.2) is 60.4 Å². The third-order valence-electron chi connectivity index (χ3n) is 11.5. The molecule has 13 N–H and O–H groups in total. The molecule has 67 heavy (non-hydrogen) atoms. The molecule has 4 aliphatic heterocycles. The van der Waals surface area contributed by atoms with Gasteiger partial charge in [0.2, 0.25) is 18.3 Å². The van der Waals surface area contributed by atoms with E-state index >= 15 is 0 Å². The van der Waals surface area contributed by atoms with Crippen LogP contribution in [0.1, 0.15) is 29.7 Å². The first kappa shape index (κ1) is 49.4. The molecule has 3 fully saturated rings. The second-order valence-corrected chi connectivity index (χ2v) is 16.0. The summed E-state index contributed by atoms with van der Waals surface area (Å²) in [5.74, 6) is -2.06. The van der Waals surface area contributed by atoms with Crippen LogP contribution in [-0.4, -0.2) is 192 Å². The van der Waals surface area contributed by atoms with Gasteiger partial charge in [-0.1, -0.05) is 12.1 Å². The first-order valence-corrected chi connectivity index (χ1v) is 20.8. The maximum absolute atomic E-state index is 12.6. The fourth-order valence-corrected chi connectivity index (χ4v) is 7.77. The Labute approximate surface area is 380 Å². The van der Waals surface area contributed by atoms with Crippen LogP contribution in [-0.2, 0) is 33.2 Å². The van der Waals surface area contributed by atoms with Gasteiger partial charge in [-0.05, 0) is 42.8 Å². The molecule has 0 spiro atoms. The molecular formula is C44H53O23+. The fraction of sp³-hybridized carbons (Fsp3) is 0.477. The van der Waals surface area contributed by atoms with Gasteiger partial charge in [-0.2, -0.15) is 0 Å². The van der Waals surface area contributed by atoms with Crippen LogP contribution in [0.3, 0.4) is 0 Å². The number of phenols is 3. The molecular weight excluding hydrogens is 896 g/mol. The van der Waals surface area contributed by atoms with Gasteiger partial charge in [0.05, 0.1) is 45.2 Å². The van der Waals surface area contributed by atoms with Crippen molar-refractivity contribution >= 4 is 18.1 Å². The van der Waals surface area contributed by atoms with Gasteiger partial charge in [0, 0.05) is 18.2 Å². The minimum atomic E-state index is -1.96. The fourth-order valence-electron chi connectivity index (χ4n) is 7.77. The Morgan fingerprint density at radius 2 is 1.28 bits per heavy atom. The maximum Gasteiger partial charge on any atom is 0.331 e. The minimum absolute atomic E-state index is 0.0290. The zero-order valence-corrected chi connectivity index (χ0v) is 35.9. The lowest BCUT2D eigenvalue weighted by Crippen LogP contribution is -2.61. The standard InChI is InChI=1S/C44H52O23/c1-17-40(67-30(48)9-6-18-4-7-20(46)8-5-18)36(54)39(57)42(61-17)60-16-29-33(51)35(53)38(56)44(66-29)64-27-14-22-23(62-41(27)19-10-25(58-2)31(49)26(11-19)59-3)12-21(47)13-24(22)63-43-37(55)34(52)32(50)28(15-45)65-43/h4-14,17,28-29,32-47,49-57H,15-16H2,1-3H3/p+1/b9-6-/t17-,28-,29+,32-,33-,34-,35+,36-,37+,38-,39-,40-,41?,42+,43+,44+/m0/s1. The Hall–Kier alpha value is -5.51. The number of rotatable bonds is 14. The number of carbonyl (C=O) groups is 1. The molecule has 0 radical (unpaired) electrons. The Balaban J connectivity index is 1.12. The van der Waals surface area contributed by atoms with E-state index in [1.807, 2.05) is 0 Å². The summed E-state index contributed by atoms with van der Waals surface area (Å²) < 4.78 is 55.9. The normalized spacial score (nSPS) is 34.1. The van der Waals surface area contributed by atoms with Crippen molar-refractivity contribution in [2.45, 2.75) is 105 Å². The summed E-state index contributed by atoms with van der Waals surface area (Å²) in [4.78, 5) is 12.6. The molecule has 23 heteroatoms. The van der Waals surface area contributed by atoms with E-state index in [1.54, 1.807) is 12.1 Å². The van der Waals surface area contributed by atoms with Gasteiger partial charge in [-0.15, -0.1) is 0 Å². The lowest BCUT2D eigenvalue weighted by atomic mass is 9.97. The number of aliphatic hydroxyl groups excluding tert-OH is 9. The molecule has 0 aliphatic carbocycles. The molecule has 3 aromatic carbocycles. The predicted molar refractivity (Wildman–Crippen MR) is 223 cm³/mol. The number of methoxy groups -OCH3 is 2. The van der Waals surface area contributed by atoms with Crippen LogP contribution in [0.2, 0.25) is 0 Å². The Morgan fingerprint density at radius 1 is 0.687 bits per heavy atom. The molecule has 23 nitrogen and oxygen atoms in total. The molecule has 1 unspecified atom stereocenters. The largest absolute Gasteiger partial charge is 0.571 e. The van der Waals surface area contributed by atoms with Crippen molar-refractivity contribution in [3.63, 3.8) is 0 Å². The number of esters is 1. The average molecular weight is 950 g/mol. The predicted octanol–water partition coefficient (Wildman–Crippen LogP) is -1.73. The van der Waals surface area contributed by atoms with Crippen molar-refractivity contribution < 1.29 is 113 Å². The maximum atomic E-state index is 12.6. The quantitative estimate of drug-likeness (QED) is 0.0485. The first-order valence-electron chi connectivity index (χ1n) is 20.8. The number of fused-ring (bicyclic) bond motifs is 1. The molecule has 3 saturated heterocycles. The average Bonchev–Trinajstić information content (AvgIpc) is 3.31. The van der Waals surface area contributed by atoms with Crippen LogP contribution < -0.4 is 14.2 Å². The second-order valence-electron chi connectivity index (χ2n) is 16.0. The summed E-state index contributed by atoms with van der Waals surface area (Å²) in [7, 11) is 2.57. The van der Waals surface area contributed by atoms with E-state index in [2.05, 4.69) is 0 Å². The van der Waals surface area contributed by atoms with Crippen molar-refractivity contribution in [1.29, 1.82) is 0 Å². The van der Waals surface area contributed by atoms with Gasteiger partial charge in [0.1, 0.15) is 83.9 Å². The van der Waals surface area contributed by atoms with E-state index in [0.717, 1.165) is 12.1 Å². The summed E-state index contributed by atoms with van der Waals surface area (Å²) in [6.07, 6.45) is -22.5. The molecule has 4 heterocycles. The minimum Gasteiger partial charge on any atom is -0.571 e. The second kappa shape index (κ2) is 20.8. The van der Waals surface area contributed by atoms with Gasteiger partial charge >= 0.3 is 5.97 Å². The van der Waals surface area contributed by atoms with E-state index in [-0.39, 0.29) is 51.4 Å². The number of phenolic OH excluding ortho intramolecular Hbond substituents is 3. The zero-order chi connectivity index (χ0) is 48.4. The zero-order valence-electron chi connectivity index (χ0n) is 35.9. The third kappa shape index (κ3) is 10.5. The number of benzene rings is 3. The smallest absolute Gasteiger partial charge is 0.331 e. The summed E-state index contributed by atoms with van der Waals surface area (Å²) in [6, 6.07) is 11.1. The molecule has 4 aliphatic rings. The third-order valence-corrected chi connectivity index (χ3v) is 11.5. The van der Waals surface area contributed by atoms with Crippen LogP contribution >= 0.6 is 0 Å². The number of ether oxygens (including phenoxy) is 10. The van der Waals surface area contributed by atoms with Crippen LogP contribution in [0, 0.1) is 0 Å². The Kier molecular flexibility index (Phi) is 15.3. The van der Waals surface area contributed by atoms with Crippen molar-refractivity contribution in [2.75, 3.05) is 27.4 Å². The van der Waals surface area contributed by atoms with Crippen molar-refractivity contribution in [3.8, 4) is 40.2 Å². The highest BCUT2D eigenvalue weighted by molar-refractivity contribution is 5.87. The van der Waals surface area contributed by atoms with E-state index in [9.17, 15) is 66.1 Å². The van der Waals surface area contributed by atoms with Gasteiger partial charge in [-0.25, -0.2) is 4.79 Å². The van der Waals surface area contributed by atoms with Crippen molar-refractivity contribution in [1.82, 2.24) is 0 Å². The molecule has 16 atom stereocenters. The molecule has 7 rings (SSSR count). The molecule has 3 aromatic rings. The number of aromatic hydroxyl groups is 4. The van der Waals surface area contributed by atoms with E-state index in [0.29, 0.717) is 5.56 Å². The molecule has 0 amide bonds. The van der Waals surface area contributed by atoms with Crippen molar-refractivity contribution in [2.24, 2.45) is 0 Å². The van der Waals surface area contributed by atoms with Crippen LogP contribution in [0.25, 0.3) is 12.2 Å².